The molecule has 2 aromatic rings. The summed E-state index contributed by atoms with van der Waals surface area (Å²) in [5, 5.41) is 6.45. The molecule has 6 nitrogen and oxygen atoms in total. The van der Waals surface area contributed by atoms with E-state index in [4.69, 9.17) is 4.74 Å². The number of carbonyl (C=O) groups is 2. The van der Waals surface area contributed by atoms with Crippen molar-refractivity contribution >= 4 is 23.2 Å². The third-order valence-corrected chi connectivity index (χ3v) is 5.35. The van der Waals surface area contributed by atoms with Crippen molar-refractivity contribution in [2.45, 2.75) is 19.3 Å². The zero-order chi connectivity index (χ0) is 17.1. The Morgan fingerprint density at radius 1 is 1.38 bits per heavy atom. The first kappa shape index (κ1) is 16.7. The minimum atomic E-state index is -0.174. The van der Waals surface area contributed by atoms with Crippen LogP contribution >= 0.6 is 11.3 Å². The van der Waals surface area contributed by atoms with Crippen molar-refractivity contribution in [2.24, 2.45) is 13.0 Å². The summed E-state index contributed by atoms with van der Waals surface area (Å²) < 4.78 is 6.37. The molecular weight excluding hydrogens is 326 g/mol. The monoisotopic (exact) mass is 347 g/mol. The maximum atomic E-state index is 12.8. The number of piperidine rings is 1. The molecule has 0 N–H and O–H groups in total. The van der Waals surface area contributed by atoms with Gasteiger partial charge in [0.2, 0.25) is 0 Å². The summed E-state index contributed by atoms with van der Waals surface area (Å²) in [5.41, 5.74) is 1.43. The molecule has 7 heteroatoms. The molecule has 0 aromatic carbocycles. The lowest BCUT2D eigenvalue weighted by atomic mass is 9.93. The molecule has 0 radical (unpaired) electrons. The quantitative estimate of drug-likeness (QED) is 0.798. The van der Waals surface area contributed by atoms with Crippen molar-refractivity contribution < 1.29 is 14.3 Å². The third kappa shape index (κ3) is 3.51. The summed E-state index contributed by atoms with van der Waals surface area (Å²) in [4.78, 5) is 27.0. The first-order valence-corrected chi connectivity index (χ1v) is 8.90. The average molecular weight is 347 g/mol. The van der Waals surface area contributed by atoms with Gasteiger partial charge < -0.3 is 9.64 Å². The lowest BCUT2D eigenvalue weighted by molar-refractivity contribution is -0.142. The largest absolute Gasteiger partial charge is 0.469 e. The highest BCUT2D eigenvalue weighted by atomic mass is 32.1. The van der Waals surface area contributed by atoms with E-state index in [0.717, 1.165) is 23.4 Å². The number of rotatable bonds is 4. The Hall–Kier alpha value is -2.15. The van der Waals surface area contributed by atoms with Crippen molar-refractivity contribution in [3.63, 3.8) is 0 Å². The number of aromatic nitrogens is 2. The van der Waals surface area contributed by atoms with E-state index in [0.29, 0.717) is 31.1 Å². The fraction of sp³-hybridized carbons (Fsp3) is 0.471. The number of amides is 1. The Balaban J connectivity index is 1.65. The summed E-state index contributed by atoms with van der Waals surface area (Å²) in [6.45, 7) is 1.33. The number of nitrogens with zero attached hydrogens (tertiary/aromatic N) is 3. The predicted octanol–water partition coefficient (Wildman–Crippen LogP) is 2.56. The number of esters is 1. The minimum absolute atomic E-state index is 0.00400. The van der Waals surface area contributed by atoms with Gasteiger partial charge in [0, 0.05) is 26.6 Å². The number of hydrogen-bond acceptors (Lipinski definition) is 5. The van der Waals surface area contributed by atoms with Crippen molar-refractivity contribution in [1.82, 2.24) is 14.7 Å². The van der Waals surface area contributed by atoms with Gasteiger partial charge >= 0.3 is 5.97 Å². The molecule has 3 rings (SSSR count). The zero-order valence-corrected chi connectivity index (χ0v) is 14.7. The summed E-state index contributed by atoms with van der Waals surface area (Å²) in [5.74, 6) is 0.131. The molecule has 1 aliphatic rings. The van der Waals surface area contributed by atoms with E-state index in [9.17, 15) is 9.59 Å². The smallest absolute Gasteiger partial charge is 0.305 e. The van der Waals surface area contributed by atoms with Crippen LogP contribution in [0.4, 0.5) is 0 Å². The highest BCUT2D eigenvalue weighted by Gasteiger charge is 2.27. The van der Waals surface area contributed by atoms with Gasteiger partial charge in [0.05, 0.1) is 12.0 Å². The van der Waals surface area contributed by atoms with Crippen LogP contribution in [0.1, 0.15) is 29.8 Å². The highest BCUT2D eigenvalue weighted by molar-refractivity contribution is 7.13. The van der Waals surface area contributed by atoms with E-state index in [1.807, 2.05) is 28.5 Å². The maximum absolute atomic E-state index is 12.8. The Bertz CT molecular complexity index is 716. The number of aryl methyl sites for hydroxylation is 1. The lowest BCUT2D eigenvalue weighted by Crippen LogP contribution is -2.39. The molecule has 2 aromatic heterocycles. The third-order valence-electron chi connectivity index (χ3n) is 4.46. The second-order valence-corrected chi connectivity index (χ2v) is 6.98. The van der Waals surface area contributed by atoms with Crippen LogP contribution in [0.5, 0.6) is 0 Å². The molecule has 3 heterocycles. The van der Waals surface area contributed by atoms with Crippen LogP contribution in [0.15, 0.2) is 23.6 Å². The first-order chi connectivity index (χ1) is 11.6. The Labute approximate surface area is 145 Å². The van der Waals surface area contributed by atoms with Gasteiger partial charge in [-0.05, 0) is 36.3 Å². The molecule has 0 spiro atoms. The number of likely N-dealkylation sites (tertiary alicyclic amines) is 1. The van der Waals surface area contributed by atoms with E-state index < -0.39 is 0 Å². The number of hydrogen-bond donors (Lipinski definition) is 0. The molecule has 0 atom stereocenters. The molecule has 0 saturated carbocycles. The van der Waals surface area contributed by atoms with Gasteiger partial charge in [-0.1, -0.05) is 6.07 Å². The number of thiophene rings is 1. The highest BCUT2D eigenvalue weighted by Crippen LogP contribution is 2.26. The molecular formula is C17H21N3O3S. The van der Waals surface area contributed by atoms with Crippen LogP contribution in [0.25, 0.3) is 10.6 Å². The fourth-order valence-electron chi connectivity index (χ4n) is 3.03. The van der Waals surface area contributed by atoms with Crippen molar-refractivity contribution in [2.75, 3.05) is 20.2 Å². The van der Waals surface area contributed by atoms with E-state index in [2.05, 4.69) is 5.10 Å². The zero-order valence-electron chi connectivity index (χ0n) is 13.9. The van der Waals surface area contributed by atoms with Crippen LogP contribution in [-0.2, 0) is 16.6 Å². The van der Waals surface area contributed by atoms with Crippen LogP contribution in [-0.4, -0.2) is 46.8 Å². The van der Waals surface area contributed by atoms with Crippen molar-refractivity contribution in [3.05, 3.63) is 29.3 Å². The van der Waals surface area contributed by atoms with Gasteiger partial charge in [0.25, 0.3) is 5.91 Å². The average Bonchev–Trinajstić information content (AvgIpc) is 3.24. The summed E-state index contributed by atoms with van der Waals surface area (Å²) in [6.07, 6.45) is 2.10. The number of carbonyl (C=O) groups excluding carboxylic acids is 2. The maximum Gasteiger partial charge on any atom is 0.305 e. The van der Waals surface area contributed by atoms with Crippen LogP contribution < -0.4 is 0 Å². The molecule has 24 heavy (non-hydrogen) atoms. The van der Waals surface area contributed by atoms with Gasteiger partial charge in [-0.15, -0.1) is 11.3 Å². The molecule has 1 fully saturated rings. The van der Waals surface area contributed by atoms with E-state index in [-0.39, 0.29) is 11.9 Å². The molecule has 0 bridgehead atoms. The normalized spacial score (nSPS) is 15.5. The molecule has 128 valence electrons. The Morgan fingerprint density at radius 2 is 2.12 bits per heavy atom. The predicted molar refractivity (Wildman–Crippen MR) is 91.8 cm³/mol. The SMILES string of the molecule is COC(=O)CC1CCN(C(=O)c2cc(-c3cccs3)nn2C)CC1. The van der Waals surface area contributed by atoms with Crippen LogP contribution in [0.3, 0.4) is 0 Å². The van der Waals surface area contributed by atoms with Crippen molar-refractivity contribution in [1.29, 1.82) is 0 Å². The second-order valence-electron chi connectivity index (χ2n) is 6.03. The van der Waals surface area contributed by atoms with Gasteiger partial charge in [0.1, 0.15) is 11.4 Å². The Kier molecular flexibility index (Phi) is 4.99. The van der Waals surface area contributed by atoms with Gasteiger partial charge in [-0.25, -0.2) is 0 Å². The topological polar surface area (TPSA) is 64.4 Å². The van der Waals surface area contributed by atoms with Gasteiger partial charge in [-0.3, -0.25) is 14.3 Å². The van der Waals surface area contributed by atoms with Gasteiger partial charge in [-0.2, -0.15) is 5.10 Å². The molecule has 0 unspecified atom stereocenters. The second kappa shape index (κ2) is 7.17. The summed E-state index contributed by atoms with van der Waals surface area (Å²) >= 11 is 1.61. The van der Waals surface area contributed by atoms with Crippen LogP contribution in [0, 0.1) is 5.92 Å². The number of ether oxygens (including phenoxy) is 1. The minimum Gasteiger partial charge on any atom is -0.469 e. The summed E-state index contributed by atoms with van der Waals surface area (Å²) in [6, 6.07) is 5.83. The Morgan fingerprint density at radius 3 is 2.75 bits per heavy atom. The van der Waals surface area contributed by atoms with Gasteiger partial charge in [0.15, 0.2) is 0 Å². The van der Waals surface area contributed by atoms with Crippen molar-refractivity contribution in [3.8, 4) is 10.6 Å². The number of methoxy groups -OCH3 is 1. The van der Waals surface area contributed by atoms with Crippen LogP contribution in [0.2, 0.25) is 0 Å². The lowest BCUT2D eigenvalue weighted by Gasteiger charge is -2.31. The van der Waals surface area contributed by atoms with E-state index >= 15 is 0 Å². The summed E-state index contributed by atoms with van der Waals surface area (Å²) in [7, 11) is 3.21. The first-order valence-electron chi connectivity index (χ1n) is 8.02. The standard InChI is InChI=1S/C17H21N3O3S/c1-19-14(11-13(18-19)15-4-3-9-24-15)17(22)20-7-5-12(6-8-20)10-16(21)23-2/h3-4,9,11-12H,5-8,10H2,1-2H3. The van der Waals surface area contributed by atoms with E-state index in [1.54, 1.807) is 23.1 Å². The molecule has 1 aliphatic heterocycles. The molecule has 0 aliphatic carbocycles. The van der Waals surface area contributed by atoms with E-state index in [1.165, 1.54) is 7.11 Å². The molecule has 1 saturated heterocycles. The fourth-order valence-corrected chi connectivity index (χ4v) is 3.71. The molecule has 1 amide bonds.